The lowest BCUT2D eigenvalue weighted by atomic mass is 9.94. The van der Waals surface area contributed by atoms with Crippen LogP contribution in [0.15, 0.2) is 18.5 Å². The van der Waals surface area contributed by atoms with E-state index in [9.17, 15) is 0 Å². The molecular weight excluding hydrogens is 272 g/mol. The van der Waals surface area contributed by atoms with Crippen LogP contribution in [0.2, 0.25) is 0 Å². The van der Waals surface area contributed by atoms with Gasteiger partial charge in [-0.3, -0.25) is 9.88 Å². The maximum atomic E-state index is 6.03. The standard InChI is InChI=1S/C19H24N2O/c1-2-6-17(5-1)22-18-13-16(14-20-15-18)7-10-19-8-3-11-21(19)12-4-9-19/h13-15,17H,1-6,8-9,11-12H2. The van der Waals surface area contributed by atoms with Gasteiger partial charge in [0.05, 0.1) is 17.8 Å². The molecule has 0 amide bonds. The van der Waals surface area contributed by atoms with Crippen molar-refractivity contribution in [2.45, 2.75) is 63.0 Å². The molecule has 1 saturated carbocycles. The monoisotopic (exact) mass is 296 g/mol. The highest BCUT2D eigenvalue weighted by molar-refractivity contribution is 5.40. The summed E-state index contributed by atoms with van der Waals surface area (Å²) >= 11 is 0. The van der Waals surface area contributed by atoms with E-state index in [2.05, 4.69) is 27.8 Å². The van der Waals surface area contributed by atoms with Crippen molar-refractivity contribution in [3.63, 3.8) is 0 Å². The molecule has 0 N–H and O–H groups in total. The van der Waals surface area contributed by atoms with Crippen LogP contribution in [0, 0.1) is 11.8 Å². The van der Waals surface area contributed by atoms with Gasteiger partial charge >= 0.3 is 0 Å². The molecule has 3 aliphatic rings. The van der Waals surface area contributed by atoms with E-state index in [-0.39, 0.29) is 5.54 Å². The van der Waals surface area contributed by atoms with Gasteiger partial charge in [-0.1, -0.05) is 11.8 Å². The van der Waals surface area contributed by atoms with E-state index in [4.69, 9.17) is 4.74 Å². The van der Waals surface area contributed by atoms with Crippen LogP contribution in [0.3, 0.4) is 0 Å². The molecule has 3 heteroatoms. The third-order valence-electron chi connectivity index (χ3n) is 5.40. The van der Waals surface area contributed by atoms with Crippen molar-refractivity contribution in [1.29, 1.82) is 0 Å². The van der Waals surface area contributed by atoms with Gasteiger partial charge in [-0.05, 0) is 70.5 Å². The van der Waals surface area contributed by atoms with Crippen LogP contribution >= 0.6 is 0 Å². The summed E-state index contributed by atoms with van der Waals surface area (Å²) in [4.78, 5) is 6.89. The second-order valence-corrected chi connectivity index (χ2v) is 6.91. The molecule has 22 heavy (non-hydrogen) atoms. The maximum Gasteiger partial charge on any atom is 0.139 e. The minimum absolute atomic E-state index is 0.155. The van der Waals surface area contributed by atoms with Crippen LogP contribution in [0.1, 0.15) is 56.9 Å². The molecule has 0 spiro atoms. The highest BCUT2D eigenvalue weighted by Crippen LogP contribution is 2.38. The third kappa shape index (κ3) is 2.73. The molecule has 0 atom stereocenters. The van der Waals surface area contributed by atoms with Crippen molar-refractivity contribution in [2.24, 2.45) is 0 Å². The fourth-order valence-electron chi connectivity index (χ4n) is 4.25. The Morgan fingerprint density at radius 1 is 1.09 bits per heavy atom. The van der Waals surface area contributed by atoms with Crippen LogP contribution < -0.4 is 4.74 Å². The topological polar surface area (TPSA) is 25.4 Å². The quantitative estimate of drug-likeness (QED) is 0.782. The molecule has 2 saturated heterocycles. The maximum absolute atomic E-state index is 6.03. The first-order valence-electron chi connectivity index (χ1n) is 8.74. The van der Waals surface area contributed by atoms with Crippen LogP contribution in [0.4, 0.5) is 0 Å². The van der Waals surface area contributed by atoms with Crippen molar-refractivity contribution in [2.75, 3.05) is 13.1 Å². The lowest BCUT2D eigenvalue weighted by molar-refractivity contribution is 0.209. The van der Waals surface area contributed by atoms with Crippen LogP contribution in [-0.2, 0) is 0 Å². The van der Waals surface area contributed by atoms with Gasteiger partial charge in [0.1, 0.15) is 5.75 Å². The third-order valence-corrected chi connectivity index (χ3v) is 5.40. The summed E-state index contributed by atoms with van der Waals surface area (Å²) in [6, 6.07) is 2.06. The molecule has 3 nitrogen and oxygen atoms in total. The largest absolute Gasteiger partial charge is 0.489 e. The van der Waals surface area contributed by atoms with Gasteiger partial charge < -0.3 is 4.74 Å². The van der Waals surface area contributed by atoms with Crippen LogP contribution in [-0.4, -0.2) is 34.6 Å². The zero-order chi connectivity index (χ0) is 14.8. The molecule has 3 heterocycles. The van der Waals surface area contributed by atoms with Crippen molar-refractivity contribution >= 4 is 0 Å². The van der Waals surface area contributed by atoms with E-state index < -0.39 is 0 Å². The average molecular weight is 296 g/mol. The summed E-state index contributed by atoms with van der Waals surface area (Å²) in [5.41, 5.74) is 1.14. The van der Waals surface area contributed by atoms with Crippen molar-refractivity contribution in [1.82, 2.24) is 9.88 Å². The van der Waals surface area contributed by atoms with E-state index in [1.807, 2.05) is 12.4 Å². The fraction of sp³-hybridized carbons (Fsp3) is 0.632. The Bertz CT molecular complexity index is 585. The van der Waals surface area contributed by atoms with E-state index in [1.165, 1.54) is 64.5 Å². The molecule has 3 fully saturated rings. The zero-order valence-electron chi connectivity index (χ0n) is 13.2. The number of rotatable bonds is 2. The summed E-state index contributed by atoms with van der Waals surface area (Å²) in [6.45, 7) is 2.44. The number of pyridine rings is 1. The van der Waals surface area contributed by atoms with E-state index in [1.54, 1.807) is 0 Å². The predicted octanol–water partition coefficient (Wildman–Crippen LogP) is 3.38. The van der Waals surface area contributed by atoms with Crippen molar-refractivity contribution < 1.29 is 4.74 Å². The Hall–Kier alpha value is -1.53. The molecule has 116 valence electrons. The van der Waals surface area contributed by atoms with E-state index in [0.717, 1.165) is 11.3 Å². The Morgan fingerprint density at radius 3 is 2.64 bits per heavy atom. The van der Waals surface area contributed by atoms with Gasteiger partial charge in [0.15, 0.2) is 0 Å². The second-order valence-electron chi connectivity index (χ2n) is 6.91. The SMILES string of the molecule is C(#CC12CCCN1CCC2)c1cncc(OC2CCCC2)c1. The summed E-state index contributed by atoms with van der Waals surface area (Å²) in [6.07, 6.45) is 14.0. The summed E-state index contributed by atoms with van der Waals surface area (Å²) in [5.74, 6) is 7.83. The molecule has 4 rings (SSSR count). The number of hydrogen-bond acceptors (Lipinski definition) is 3. The first-order chi connectivity index (χ1) is 10.8. The summed E-state index contributed by atoms with van der Waals surface area (Å²) < 4.78 is 6.03. The molecule has 1 aromatic rings. The normalized spacial score (nSPS) is 24.0. The van der Waals surface area contributed by atoms with E-state index in [0.29, 0.717) is 6.10 Å². The molecule has 0 bridgehead atoms. The minimum Gasteiger partial charge on any atom is -0.489 e. The van der Waals surface area contributed by atoms with Gasteiger partial charge in [0, 0.05) is 11.8 Å². The second kappa shape index (κ2) is 5.93. The van der Waals surface area contributed by atoms with E-state index >= 15 is 0 Å². The Balaban J connectivity index is 1.50. The molecule has 0 aromatic carbocycles. The highest BCUT2D eigenvalue weighted by atomic mass is 16.5. The van der Waals surface area contributed by atoms with Crippen molar-refractivity contribution in [3.8, 4) is 17.6 Å². The van der Waals surface area contributed by atoms with Gasteiger partial charge in [-0.15, -0.1) is 0 Å². The predicted molar refractivity (Wildman–Crippen MR) is 86.8 cm³/mol. The molecule has 0 radical (unpaired) electrons. The van der Waals surface area contributed by atoms with Gasteiger partial charge in [0.2, 0.25) is 0 Å². The Labute approximate surface area is 133 Å². The minimum atomic E-state index is 0.155. The number of hydrogen-bond donors (Lipinski definition) is 0. The first kappa shape index (κ1) is 14.1. The van der Waals surface area contributed by atoms with Crippen LogP contribution in [0.5, 0.6) is 5.75 Å². The molecule has 0 unspecified atom stereocenters. The molecular formula is C19H24N2O. The smallest absolute Gasteiger partial charge is 0.139 e. The average Bonchev–Trinajstić information content (AvgIpc) is 3.22. The Morgan fingerprint density at radius 2 is 1.86 bits per heavy atom. The number of ether oxygens (including phenoxy) is 1. The lowest BCUT2D eigenvalue weighted by Gasteiger charge is -2.25. The van der Waals surface area contributed by atoms with Gasteiger partial charge in [0.25, 0.3) is 0 Å². The highest BCUT2D eigenvalue weighted by Gasteiger charge is 2.42. The fourth-order valence-corrected chi connectivity index (χ4v) is 4.25. The summed E-state index contributed by atoms with van der Waals surface area (Å²) in [5, 5.41) is 0. The number of nitrogens with zero attached hydrogens (tertiary/aromatic N) is 2. The lowest BCUT2D eigenvalue weighted by Crippen LogP contribution is -2.36. The van der Waals surface area contributed by atoms with Gasteiger partial charge in [-0.2, -0.15) is 0 Å². The molecule has 2 aliphatic heterocycles. The molecule has 1 aliphatic carbocycles. The van der Waals surface area contributed by atoms with Crippen LogP contribution in [0.25, 0.3) is 0 Å². The van der Waals surface area contributed by atoms with Gasteiger partial charge in [-0.25, -0.2) is 0 Å². The summed E-state index contributed by atoms with van der Waals surface area (Å²) in [7, 11) is 0. The van der Waals surface area contributed by atoms with Crippen molar-refractivity contribution in [3.05, 3.63) is 24.0 Å². The Kier molecular flexibility index (Phi) is 3.80. The molecule has 1 aromatic heterocycles. The zero-order valence-corrected chi connectivity index (χ0v) is 13.2. The number of aromatic nitrogens is 1. The number of fused-ring (bicyclic) bond motifs is 1. The first-order valence-corrected chi connectivity index (χ1v) is 8.74.